The summed E-state index contributed by atoms with van der Waals surface area (Å²) in [5, 5.41) is 3.12. The monoisotopic (exact) mass is 344 g/mol. The van der Waals surface area contributed by atoms with E-state index in [-0.39, 0.29) is 17.7 Å². The van der Waals surface area contributed by atoms with Gasteiger partial charge in [0.2, 0.25) is 11.2 Å². The Kier molecular flexibility index (Phi) is 3.76. The number of anilines is 3. The molecule has 2 heterocycles. The Morgan fingerprint density at radius 1 is 1.25 bits per heavy atom. The van der Waals surface area contributed by atoms with Crippen molar-refractivity contribution in [3.05, 3.63) is 34.7 Å². The van der Waals surface area contributed by atoms with Gasteiger partial charge in [-0.05, 0) is 49.4 Å². The van der Waals surface area contributed by atoms with Crippen LogP contribution >= 0.6 is 11.6 Å². The molecule has 2 aromatic rings. The van der Waals surface area contributed by atoms with Crippen molar-refractivity contribution in [2.75, 3.05) is 23.9 Å². The van der Waals surface area contributed by atoms with Gasteiger partial charge in [-0.25, -0.2) is 4.98 Å². The molecule has 2 aliphatic rings. The molecule has 6 nitrogen and oxygen atoms in total. The fourth-order valence-corrected chi connectivity index (χ4v) is 3.54. The summed E-state index contributed by atoms with van der Waals surface area (Å²) in [7, 11) is 1.60. The molecule has 0 unspecified atom stereocenters. The first-order valence-electron chi connectivity index (χ1n) is 7.96. The van der Waals surface area contributed by atoms with Crippen LogP contribution in [0.2, 0.25) is 5.28 Å². The third kappa shape index (κ3) is 2.57. The summed E-state index contributed by atoms with van der Waals surface area (Å²) in [5.74, 6) is 1.35. The number of carbonyl (C=O) groups is 1. The van der Waals surface area contributed by atoms with Gasteiger partial charge in [-0.3, -0.25) is 4.79 Å². The van der Waals surface area contributed by atoms with Gasteiger partial charge in [0.05, 0.1) is 24.2 Å². The quantitative estimate of drug-likeness (QED) is 0.848. The topological polar surface area (TPSA) is 67.3 Å². The van der Waals surface area contributed by atoms with Crippen molar-refractivity contribution in [2.24, 2.45) is 0 Å². The second-order valence-corrected chi connectivity index (χ2v) is 6.30. The minimum absolute atomic E-state index is 0.0879. The SMILES string of the molecule is COc1ccc2c(c1)NC(=O)CN2c1nc(Cl)nc2c1CCCC2. The lowest BCUT2D eigenvalue weighted by Crippen LogP contribution is -2.36. The first-order valence-corrected chi connectivity index (χ1v) is 8.34. The van der Waals surface area contributed by atoms with Crippen LogP contribution in [0.15, 0.2) is 18.2 Å². The summed E-state index contributed by atoms with van der Waals surface area (Å²) in [6.07, 6.45) is 4.01. The summed E-state index contributed by atoms with van der Waals surface area (Å²) in [4.78, 5) is 22.9. The maximum Gasteiger partial charge on any atom is 0.244 e. The normalized spacial score (nSPS) is 16.2. The number of fused-ring (bicyclic) bond motifs is 2. The molecule has 0 saturated heterocycles. The van der Waals surface area contributed by atoms with Crippen LogP contribution in [0.4, 0.5) is 17.2 Å². The van der Waals surface area contributed by atoms with E-state index in [0.717, 1.165) is 48.4 Å². The van der Waals surface area contributed by atoms with Crippen molar-refractivity contribution in [1.29, 1.82) is 0 Å². The van der Waals surface area contributed by atoms with Crippen molar-refractivity contribution in [3.8, 4) is 5.75 Å². The number of amides is 1. The minimum Gasteiger partial charge on any atom is -0.497 e. The average Bonchev–Trinajstić information content (AvgIpc) is 2.59. The van der Waals surface area contributed by atoms with Crippen LogP contribution in [0.25, 0.3) is 0 Å². The Bertz CT molecular complexity index is 824. The van der Waals surface area contributed by atoms with E-state index < -0.39 is 0 Å². The van der Waals surface area contributed by atoms with Gasteiger partial charge < -0.3 is 15.0 Å². The van der Waals surface area contributed by atoms with E-state index in [4.69, 9.17) is 16.3 Å². The van der Waals surface area contributed by atoms with E-state index >= 15 is 0 Å². The highest BCUT2D eigenvalue weighted by molar-refractivity contribution is 6.28. The third-order valence-corrected chi connectivity index (χ3v) is 4.63. The highest BCUT2D eigenvalue weighted by Crippen LogP contribution is 2.39. The Hall–Kier alpha value is -2.34. The zero-order valence-electron chi connectivity index (χ0n) is 13.3. The molecule has 0 fully saturated rings. The van der Waals surface area contributed by atoms with Gasteiger partial charge in [0, 0.05) is 11.6 Å². The number of halogens is 1. The first kappa shape index (κ1) is 15.2. The molecule has 1 aliphatic heterocycles. The van der Waals surface area contributed by atoms with Crippen molar-refractivity contribution in [3.63, 3.8) is 0 Å². The molecule has 1 aromatic heterocycles. The van der Waals surface area contributed by atoms with Crippen molar-refractivity contribution < 1.29 is 9.53 Å². The number of rotatable bonds is 2. The predicted octanol–water partition coefficient (Wildman–Crippen LogP) is 3.11. The number of benzene rings is 1. The molecular weight excluding hydrogens is 328 g/mol. The van der Waals surface area contributed by atoms with Gasteiger partial charge in [0.15, 0.2) is 0 Å². The number of aryl methyl sites for hydroxylation is 1. The van der Waals surface area contributed by atoms with Gasteiger partial charge in [0.1, 0.15) is 18.1 Å². The van der Waals surface area contributed by atoms with Crippen LogP contribution in [0.5, 0.6) is 5.75 Å². The van der Waals surface area contributed by atoms with Crippen molar-refractivity contribution in [1.82, 2.24) is 9.97 Å². The zero-order chi connectivity index (χ0) is 16.7. The molecule has 1 aromatic carbocycles. The molecule has 24 heavy (non-hydrogen) atoms. The summed E-state index contributed by atoms with van der Waals surface area (Å²) in [5.41, 5.74) is 3.70. The van der Waals surface area contributed by atoms with Crippen LogP contribution in [-0.4, -0.2) is 29.5 Å². The molecular formula is C17H17ClN4O2. The minimum atomic E-state index is -0.0879. The average molecular weight is 345 g/mol. The molecule has 0 radical (unpaired) electrons. The van der Waals surface area contributed by atoms with E-state index in [1.807, 2.05) is 23.1 Å². The molecule has 1 aliphatic carbocycles. The molecule has 0 bridgehead atoms. The second-order valence-electron chi connectivity index (χ2n) is 5.97. The lowest BCUT2D eigenvalue weighted by atomic mass is 9.96. The van der Waals surface area contributed by atoms with Crippen LogP contribution in [0, 0.1) is 0 Å². The molecule has 1 amide bonds. The largest absolute Gasteiger partial charge is 0.497 e. The summed E-state index contributed by atoms with van der Waals surface area (Å²) in [6.45, 7) is 0.207. The number of carbonyl (C=O) groups excluding carboxylic acids is 1. The van der Waals surface area contributed by atoms with Crippen LogP contribution < -0.4 is 15.0 Å². The summed E-state index contributed by atoms with van der Waals surface area (Å²) < 4.78 is 5.25. The number of ether oxygens (including phenoxy) is 1. The van der Waals surface area contributed by atoms with E-state index in [9.17, 15) is 4.79 Å². The predicted molar refractivity (Wildman–Crippen MR) is 92.3 cm³/mol. The number of nitrogens with one attached hydrogen (secondary N) is 1. The lowest BCUT2D eigenvalue weighted by Gasteiger charge is -2.32. The summed E-state index contributed by atoms with van der Waals surface area (Å²) in [6, 6.07) is 5.62. The van der Waals surface area contributed by atoms with E-state index in [2.05, 4.69) is 15.3 Å². The number of methoxy groups -OCH3 is 1. The zero-order valence-corrected chi connectivity index (χ0v) is 14.1. The maximum atomic E-state index is 12.2. The number of hydrogen-bond donors (Lipinski definition) is 1. The maximum absolute atomic E-state index is 12.2. The van der Waals surface area contributed by atoms with Gasteiger partial charge >= 0.3 is 0 Å². The van der Waals surface area contributed by atoms with E-state index in [1.165, 1.54) is 0 Å². The van der Waals surface area contributed by atoms with Gasteiger partial charge in [0.25, 0.3) is 0 Å². The van der Waals surface area contributed by atoms with Crippen LogP contribution in [-0.2, 0) is 17.6 Å². The van der Waals surface area contributed by atoms with Gasteiger partial charge in [-0.15, -0.1) is 0 Å². The van der Waals surface area contributed by atoms with E-state index in [0.29, 0.717) is 11.4 Å². The Labute approximate surface area is 144 Å². The van der Waals surface area contributed by atoms with Crippen molar-refractivity contribution >= 4 is 34.7 Å². The Morgan fingerprint density at radius 3 is 2.92 bits per heavy atom. The van der Waals surface area contributed by atoms with Crippen LogP contribution in [0.3, 0.4) is 0 Å². The second kappa shape index (κ2) is 5.94. The number of hydrogen-bond acceptors (Lipinski definition) is 5. The molecule has 4 rings (SSSR count). The fourth-order valence-electron chi connectivity index (χ4n) is 3.35. The van der Waals surface area contributed by atoms with Crippen molar-refractivity contribution in [2.45, 2.75) is 25.7 Å². The molecule has 124 valence electrons. The number of nitrogens with zero attached hydrogens (tertiary/aromatic N) is 3. The lowest BCUT2D eigenvalue weighted by molar-refractivity contribution is -0.115. The Morgan fingerprint density at radius 2 is 2.08 bits per heavy atom. The highest BCUT2D eigenvalue weighted by atomic mass is 35.5. The Balaban J connectivity index is 1.86. The first-order chi connectivity index (χ1) is 11.7. The molecule has 1 N–H and O–H groups in total. The van der Waals surface area contributed by atoms with E-state index in [1.54, 1.807) is 7.11 Å². The van der Waals surface area contributed by atoms with Gasteiger partial charge in [-0.1, -0.05) is 0 Å². The smallest absolute Gasteiger partial charge is 0.244 e. The fraction of sp³-hybridized carbons (Fsp3) is 0.353. The molecule has 0 spiro atoms. The molecule has 7 heteroatoms. The standard InChI is InChI=1S/C17H17ClN4O2/c1-24-10-6-7-14-13(8-10)19-15(23)9-22(14)16-11-4-2-3-5-12(11)20-17(18)21-16/h6-8H,2-5,9H2,1H3,(H,19,23). The van der Waals surface area contributed by atoms with Gasteiger partial charge in [-0.2, -0.15) is 4.98 Å². The molecule has 0 atom stereocenters. The van der Waals surface area contributed by atoms with Crippen LogP contribution in [0.1, 0.15) is 24.1 Å². The molecule has 0 saturated carbocycles. The highest BCUT2D eigenvalue weighted by Gasteiger charge is 2.29. The number of aromatic nitrogens is 2. The summed E-state index contributed by atoms with van der Waals surface area (Å²) >= 11 is 6.14. The third-order valence-electron chi connectivity index (χ3n) is 4.46.